The van der Waals surface area contributed by atoms with Gasteiger partial charge in [-0.15, -0.1) is 11.3 Å². The lowest BCUT2D eigenvalue weighted by molar-refractivity contribution is 0.677. The minimum Gasteiger partial charge on any atom is -0.235 e. The van der Waals surface area contributed by atoms with E-state index in [9.17, 15) is 4.21 Å². The molecule has 1 heterocycles. The van der Waals surface area contributed by atoms with Crippen molar-refractivity contribution in [1.29, 1.82) is 0 Å². The maximum atomic E-state index is 11.3. The van der Waals surface area contributed by atoms with Crippen LogP contribution in [0.1, 0.15) is 0 Å². The van der Waals surface area contributed by atoms with Crippen LogP contribution in [0.25, 0.3) is 10.2 Å². The van der Waals surface area contributed by atoms with Gasteiger partial charge in [0.05, 0.1) is 10.2 Å². The summed E-state index contributed by atoms with van der Waals surface area (Å²) in [6.45, 7) is 0. The third-order valence-corrected chi connectivity index (χ3v) is 3.93. The van der Waals surface area contributed by atoms with E-state index in [0.29, 0.717) is 4.34 Å². The highest BCUT2D eigenvalue weighted by Crippen LogP contribution is 2.22. The predicted octanol–water partition coefficient (Wildman–Crippen LogP) is 1.54. The molecule has 0 bridgehead atoms. The van der Waals surface area contributed by atoms with Gasteiger partial charge < -0.3 is 0 Å². The minimum absolute atomic E-state index is 0.628. The third kappa shape index (κ3) is 1.63. The minimum atomic E-state index is -1.17. The Balaban J connectivity index is 2.56. The third-order valence-electron chi connectivity index (χ3n) is 1.62. The Labute approximate surface area is 82.4 Å². The summed E-state index contributed by atoms with van der Waals surface area (Å²) >= 11 is 1.46. The number of hydrogen-bond acceptors (Lipinski definition) is 3. The van der Waals surface area contributed by atoms with Crippen LogP contribution in [0, 0.1) is 0 Å². The van der Waals surface area contributed by atoms with E-state index in [4.69, 9.17) is 0 Å². The Morgan fingerprint density at radius 3 is 2.92 bits per heavy atom. The van der Waals surface area contributed by atoms with Crippen molar-refractivity contribution in [1.82, 2.24) is 9.71 Å². The predicted molar refractivity (Wildman–Crippen MR) is 55.1 cm³/mol. The van der Waals surface area contributed by atoms with Crippen molar-refractivity contribution < 1.29 is 4.21 Å². The molecule has 0 radical (unpaired) electrons. The van der Waals surface area contributed by atoms with Crippen LogP contribution in [0.4, 0.5) is 0 Å². The largest absolute Gasteiger partial charge is 0.235 e. The molecule has 1 unspecified atom stereocenters. The molecule has 68 valence electrons. The van der Waals surface area contributed by atoms with Crippen LogP contribution in [0.3, 0.4) is 0 Å². The maximum absolute atomic E-state index is 11.3. The van der Waals surface area contributed by atoms with Gasteiger partial charge in [-0.1, -0.05) is 12.1 Å². The van der Waals surface area contributed by atoms with Gasteiger partial charge in [0.25, 0.3) is 0 Å². The normalized spacial score (nSPS) is 13.3. The van der Waals surface area contributed by atoms with Crippen LogP contribution in [0.15, 0.2) is 28.6 Å². The molecule has 0 spiro atoms. The number of fused-ring (bicyclic) bond motifs is 1. The molecule has 1 N–H and O–H groups in total. The van der Waals surface area contributed by atoms with Gasteiger partial charge in [-0.2, -0.15) is 0 Å². The summed E-state index contributed by atoms with van der Waals surface area (Å²) in [6.07, 6.45) is 0. The van der Waals surface area contributed by atoms with Crippen LogP contribution in [-0.4, -0.2) is 16.2 Å². The number of thiazole rings is 1. The molecule has 1 aromatic carbocycles. The Hall–Kier alpha value is -0.780. The van der Waals surface area contributed by atoms with E-state index in [0.717, 1.165) is 10.2 Å². The van der Waals surface area contributed by atoms with Crippen LogP contribution in [-0.2, 0) is 11.0 Å². The average molecular weight is 212 g/mol. The van der Waals surface area contributed by atoms with Crippen molar-refractivity contribution in [2.45, 2.75) is 4.34 Å². The van der Waals surface area contributed by atoms with Crippen molar-refractivity contribution in [2.75, 3.05) is 7.05 Å². The first-order chi connectivity index (χ1) is 6.31. The number of benzene rings is 1. The van der Waals surface area contributed by atoms with Crippen molar-refractivity contribution >= 4 is 32.5 Å². The molecule has 1 aromatic heterocycles. The number of nitrogens with zero attached hydrogens (tertiary/aromatic N) is 1. The second-order valence-corrected chi connectivity index (χ2v) is 5.04. The molecule has 2 aromatic rings. The quantitative estimate of drug-likeness (QED) is 0.820. The van der Waals surface area contributed by atoms with E-state index in [2.05, 4.69) is 9.71 Å². The molecule has 5 heteroatoms. The van der Waals surface area contributed by atoms with Crippen LogP contribution in [0.5, 0.6) is 0 Å². The summed E-state index contributed by atoms with van der Waals surface area (Å²) < 4.78 is 15.7. The Bertz CT molecular complexity index is 419. The second kappa shape index (κ2) is 3.53. The number of aromatic nitrogens is 1. The summed E-state index contributed by atoms with van der Waals surface area (Å²) in [4.78, 5) is 4.24. The van der Waals surface area contributed by atoms with E-state index in [1.165, 1.54) is 11.3 Å². The van der Waals surface area contributed by atoms with E-state index < -0.39 is 11.0 Å². The molecule has 0 aliphatic heterocycles. The van der Waals surface area contributed by atoms with Crippen LogP contribution < -0.4 is 4.72 Å². The first-order valence-electron chi connectivity index (χ1n) is 3.76. The van der Waals surface area contributed by atoms with Crippen molar-refractivity contribution in [3.05, 3.63) is 24.3 Å². The lowest BCUT2D eigenvalue weighted by atomic mass is 10.3. The molecule has 0 aliphatic carbocycles. The summed E-state index contributed by atoms with van der Waals surface area (Å²) in [5.41, 5.74) is 0.908. The molecule has 2 rings (SSSR count). The van der Waals surface area contributed by atoms with Gasteiger partial charge in [0.2, 0.25) is 0 Å². The highest BCUT2D eigenvalue weighted by molar-refractivity contribution is 7.85. The smallest absolute Gasteiger partial charge is 0.197 e. The van der Waals surface area contributed by atoms with Gasteiger partial charge in [-0.3, -0.25) is 0 Å². The molecule has 0 saturated heterocycles. The SMILES string of the molecule is CNS(=O)c1nc2ccccc2s1. The molecule has 0 aliphatic rings. The number of nitrogens with one attached hydrogen (secondary N) is 1. The van der Waals surface area contributed by atoms with Gasteiger partial charge in [0.1, 0.15) is 0 Å². The zero-order valence-electron chi connectivity index (χ0n) is 6.98. The molecule has 0 amide bonds. The average Bonchev–Trinajstić information content (AvgIpc) is 2.59. The molecule has 0 saturated carbocycles. The van der Waals surface area contributed by atoms with Gasteiger partial charge in [-0.25, -0.2) is 13.9 Å². The zero-order valence-corrected chi connectivity index (χ0v) is 8.61. The Morgan fingerprint density at radius 1 is 1.46 bits per heavy atom. The Kier molecular flexibility index (Phi) is 2.39. The summed E-state index contributed by atoms with van der Waals surface area (Å²) in [5.74, 6) is 0. The molecule has 13 heavy (non-hydrogen) atoms. The highest BCUT2D eigenvalue weighted by Gasteiger charge is 2.07. The van der Waals surface area contributed by atoms with Crippen LogP contribution in [0.2, 0.25) is 0 Å². The fourth-order valence-electron chi connectivity index (χ4n) is 1.02. The highest BCUT2D eigenvalue weighted by atomic mass is 32.2. The van der Waals surface area contributed by atoms with E-state index in [1.54, 1.807) is 7.05 Å². The number of rotatable bonds is 2. The lowest BCUT2D eigenvalue weighted by Crippen LogP contribution is -2.09. The summed E-state index contributed by atoms with van der Waals surface area (Å²) in [5, 5.41) is 0. The van der Waals surface area contributed by atoms with E-state index in [1.807, 2.05) is 24.3 Å². The molecular weight excluding hydrogens is 204 g/mol. The van der Waals surface area contributed by atoms with Gasteiger partial charge >= 0.3 is 0 Å². The van der Waals surface area contributed by atoms with Gasteiger partial charge in [-0.05, 0) is 19.2 Å². The van der Waals surface area contributed by atoms with E-state index >= 15 is 0 Å². The van der Waals surface area contributed by atoms with E-state index in [-0.39, 0.29) is 0 Å². The molecule has 3 nitrogen and oxygen atoms in total. The first-order valence-corrected chi connectivity index (χ1v) is 5.72. The second-order valence-electron chi connectivity index (χ2n) is 2.42. The van der Waals surface area contributed by atoms with Gasteiger partial charge in [0.15, 0.2) is 15.3 Å². The monoisotopic (exact) mass is 212 g/mol. The molecule has 1 atom stereocenters. The lowest BCUT2D eigenvalue weighted by Gasteiger charge is -1.89. The topological polar surface area (TPSA) is 42.0 Å². The first kappa shape index (κ1) is 8.80. The summed E-state index contributed by atoms with van der Waals surface area (Å²) in [7, 11) is 0.489. The number of hydrogen-bond donors (Lipinski definition) is 1. The van der Waals surface area contributed by atoms with Crippen LogP contribution >= 0.6 is 11.3 Å². The van der Waals surface area contributed by atoms with Crippen molar-refractivity contribution in [3.63, 3.8) is 0 Å². The zero-order chi connectivity index (χ0) is 9.26. The Morgan fingerprint density at radius 2 is 2.23 bits per heavy atom. The fourth-order valence-corrected chi connectivity index (χ4v) is 2.89. The fraction of sp³-hybridized carbons (Fsp3) is 0.125. The number of para-hydroxylation sites is 1. The molecule has 0 fully saturated rings. The summed E-state index contributed by atoms with van der Waals surface area (Å²) in [6, 6.07) is 7.77. The molecular formula is C8H8N2OS2. The van der Waals surface area contributed by atoms with Crippen molar-refractivity contribution in [2.24, 2.45) is 0 Å². The maximum Gasteiger partial charge on any atom is 0.197 e. The van der Waals surface area contributed by atoms with Gasteiger partial charge in [0, 0.05) is 0 Å². The van der Waals surface area contributed by atoms with Crippen molar-refractivity contribution in [3.8, 4) is 0 Å². The standard InChI is InChI=1S/C8H8N2OS2/c1-9-13(11)8-10-6-4-2-3-5-7(6)12-8/h2-5,9H,1H3.